The summed E-state index contributed by atoms with van der Waals surface area (Å²) in [5.41, 5.74) is -0.537. The van der Waals surface area contributed by atoms with E-state index in [0.717, 1.165) is 31.0 Å². The van der Waals surface area contributed by atoms with E-state index < -0.39 is 30.5 Å². The first-order valence-electron chi connectivity index (χ1n) is 6.13. The summed E-state index contributed by atoms with van der Waals surface area (Å²) in [4.78, 5) is 21.6. The van der Waals surface area contributed by atoms with E-state index in [1.807, 2.05) is 6.92 Å². The minimum absolute atomic E-state index is 0.0672. The van der Waals surface area contributed by atoms with Gasteiger partial charge in [-0.3, -0.25) is 14.9 Å². The van der Waals surface area contributed by atoms with Crippen LogP contribution in [-0.2, 0) is 9.05 Å². The number of nitrogens with one attached hydrogen (secondary N) is 1. The fraction of sp³-hybridized carbons (Fsp3) is 0.417. The Balaban J connectivity index is 2.31. The van der Waals surface area contributed by atoms with E-state index in [1.165, 1.54) is 0 Å². The van der Waals surface area contributed by atoms with Gasteiger partial charge >= 0.3 is 0 Å². The molecule has 9 heteroatoms. The molecule has 0 radical (unpaired) electrons. The van der Waals surface area contributed by atoms with E-state index in [1.54, 1.807) is 0 Å². The fourth-order valence-corrected chi connectivity index (χ4v) is 2.54. The number of rotatable bonds is 5. The summed E-state index contributed by atoms with van der Waals surface area (Å²) < 4.78 is 22.6. The molecule has 21 heavy (non-hydrogen) atoms. The molecule has 1 aliphatic rings. The van der Waals surface area contributed by atoms with Gasteiger partial charge in [0, 0.05) is 34.9 Å². The van der Waals surface area contributed by atoms with Crippen molar-refractivity contribution in [3.63, 3.8) is 0 Å². The maximum atomic E-state index is 12.0. The van der Waals surface area contributed by atoms with Crippen molar-refractivity contribution >= 4 is 31.3 Å². The highest BCUT2D eigenvalue weighted by molar-refractivity contribution is 8.13. The lowest BCUT2D eigenvalue weighted by molar-refractivity contribution is -0.385. The minimum Gasteiger partial charge on any atom is -0.351 e. The van der Waals surface area contributed by atoms with Crippen molar-refractivity contribution < 1.29 is 18.1 Å². The van der Waals surface area contributed by atoms with Crippen LogP contribution in [0.1, 0.15) is 30.1 Å². The van der Waals surface area contributed by atoms with Gasteiger partial charge in [-0.2, -0.15) is 0 Å². The van der Waals surface area contributed by atoms with E-state index >= 15 is 0 Å². The lowest BCUT2D eigenvalue weighted by Crippen LogP contribution is -2.29. The molecule has 7 nitrogen and oxygen atoms in total. The molecule has 1 aromatic carbocycles. The number of non-ortho nitro benzene ring substituents is 1. The largest absolute Gasteiger partial charge is 0.351 e. The van der Waals surface area contributed by atoms with Gasteiger partial charge in [0.05, 0.1) is 9.82 Å². The van der Waals surface area contributed by atoms with Crippen molar-refractivity contribution in [1.29, 1.82) is 0 Å². The second-order valence-electron chi connectivity index (χ2n) is 5.40. The molecule has 0 aliphatic heterocycles. The molecule has 2 rings (SSSR count). The molecule has 0 atom stereocenters. The number of hydrogen-bond acceptors (Lipinski definition) is 5. The van der Waals surface area contributed by atoms with Crippen LogP contribution in [0.4, 0.5) is 5.69 Å². The van der Waals surface area contributed by atoms with E-state index in [-0.39, 0.29) is 11.0 Å². The summed E-state index contributed by atoms with van der Waals surface area (Å²) in [6.07, 6.45) is 2.01. The minimum atomic E-state index is -4.16. The second kappa shape index (κ2) is 5.27. The molecule has 0 spiro atoms. The molecule has 1 fully saturated rings. The van der Waals surface area contributed by atoms with Crippen molar-refractivity contribution in [3.8, 4) is 0 Å². The predicted molar refractivity (Wildman–Crippen MR) is 75.8 cm³/mol. The number of nitro benzene ring substituents is 1. The molecule has 0 saturated heterocycles. The van der Waals surface area contributed by atoms with Gasteiger partial charge in [-0.1, -0.05) is 6.92 Å². The molecule has 0 heterocycles. The number of nitrogens with zero attached hydrogens (tertiary/aromatic N) is 1. The lowest BCUT2D eigenvalue weighted by Gasteiger charge is -2.10. The Labute approximate surface area is 125 Å². The van der Waals surface area contributed by atoms with Gasteiger partial charge in [-0.15, -0.1) is 0 Å². The molecule has 0 aromatic heterocycles. The summed E-state index contributed by atoms with van der Waals surface area (Å²) >= 11 is 0. The fourth-order valence-electron chi connectivity index (χ4n) is 1.75. The standard InChI is InChI=1S/C12H13ClN2O5S/c1-12(2-3-12)7-14-11(16)8-4-9(15(17)18)6-10(5-8)21(13,19)20/h4-6H,2-3,7H2,1H3,(H,14,16). The molecule has 1 saturated carbocycles. The molecule has 1 aliphatic carbocycles. The maximum absolute atomic E-state index is 12.0. The van der Waals surface area contributed by atoms with Gasteiger partial charge < -0.3 is 5.32 Å². The number of benzene rings is 1. The smallest absolute Gasteiger partial charge is 0.271 e. The zero-order valence-electron chi connectivity index (χ0n) is 11.1. The van der Waals surface area contributed by atoms with Crippen LogP contribution < -0.4 is 5.32 Å². The SMILES string of the molecule is CC1(CNC(=O)c2cc([N+](=O)[O-])cc(S(=O)(=O)Cl)c2)CC1. The highest BCUT2D eigenvalue weighted by Gasteiger charge is 2.37. The summed E-state index contributed by atoms with van der Waals surface area (Å²) in [6.45, 7) is 2.45. The van der Waals surface area contributed by atoms with E-state index in [2.05, 4.69) is 5.32 Å². The van der Waals surface area contributed by atoms with Gasteiger partial charge in [0.1, 0.15) is 0 Å². The lowest BCUT2D eigenvalue weighted by atomic mass is 10.1. The molecular formula is C12H13ClN2O5S. The average molecular weight is 333 g/mol. The Morgan fingerprint density at radius 3 is 2.52 bits per heavy atom. The number of carbonyl (C=O) groups excluding carboxylic acids is 1. The van der Waals surface area contributed by atoms with Crippen LogP contribution in [-0.4, -0.2) is 25.8 Å². The molecule has 114 valence electrons. The van der Waals surface area contributed by atoms with Gasteiger partial charge in [-0.05, 0) is 24.3 Å². The van der Waals surface area contributed by atoms with Crippen LogP contribution in [0.25, 0.3) is 0 Å². The Morgan fingerprint density at radius 1 is 1.43 bits per heavy atom. The first-order chi connectivity index (χ1) is 9.61. The van der Waals surface area contributed by atoms with Crippen LogP contribution >= 0.6 is 10.7 Å². The van der Waals surface area contributed by atoms with Gasteiger partial charge in [0.2, 0.25) is 0 Å². The Morgan fingerprint density at radius 2 is 2.05 bits per heavy atom. The van der Waals surface area contributed by atoms with E-state index in [0.29, 0.717) is 6.54 Å². The van der Waals surface area contributed by atoms with Crippen molar-refractivity contribution in [1.82, 2.24) is 5.32 Å². The number of carbonyl (C=O) groups is 1. The topological polar surface area (TPSA) is 106 Å². The van der Waals surface area contributed by atoms with Crippen LogP contribution in [0, 0.1) is 15.5 Å². The molecule has 1 aromatic rings. The average Bonchev–Trinajstić information content (AvgIpc) is 3.13. The van der Waals surface area contributed by atoms with E-state index in [4.69, 9.17) is 10.7 Å². The van der Waals surface area contributed by atoms with Crippen molar-refractivity contribution in [2.75, 3.05) is 6.54 Å². The van der Waals surface area contributed by atoms with Crippen LogP contribution in [0.3, 0.4) is 0 Å². The third kappa shape index (κ3) is 3.92. The zero-order valence-corrected chi connectivity index (χ0v) is 12.7. The maximum Gasteiger partial charge on any atom is 0.271 e. The number of hydrogen-bond donors (Lipinski definition) is 1. The van der Waals surface area contributed by atoms with Crippen molar-refractivity contribution in [2.45, 2.75) is 24.7 Å². The normalized spacial score (nSPS) is 16.3. The number of halogens is 1. The monoisotopic (exact) mass is 332 g/mol. The summed E-state index contributed by atoms with van der Waals surface area (Å²) in [7, 11) is 1.03. The summed E-state index contributed by atoms with van der Waals surface area (Å²) in [5.74, 6) is -0.562. The molecular weight excluding hydrogens is 320 g/mol. The van der Waals surface area contributed by atoms with Gasteiger partial charge in [0.15, 0.2) is 0 Å². The molecule has 1 N–H and O–H groups in total. The third-order valence-corrected chi connectivity index (χ3v) is 4.76. The van der Waals surface area contributed by atoms with Crippen LogP contribution in [0.15, 0.2) is 23.1 Å². The number of nitro groups is 1. The van der Waals surface area contributed by atoms with Crippen molar-refractivity contribution in [2.24, 2.45) is 5.41 Å². The zero-order chi connectivity index (χ0) is 15.8. The Kier molecular flexibility index (Phi) is 3.94. The van der Waals surface area contributed by atoms with E-state index in [9.17, 15) is 23.3 Å². The summed E-state index contributed by atoms with van der Waals surface area (Å²) in [5, 5.41) is 13.5. The molecule has 0 unspecified atom stereocenters. The predicted octanol–water partition coefficient (Wildman–Crippen LogP) is 2.05. The Hall–Kier alpha value is -1.67. The van der Waals surface area contributed by atoms with Gasteiger partial charge in [-0.25, -0.2) is 8.42 Å². The highest BCUT2D eigenvalue weighted by atomic mass is 35.7. The van der Waals surface area contributed by atoms with Crippen LogP contribution in [0.2, 0.25) is 0 Å². The second-order valence-corrected chi connectivity index (χ2v) is 7.97. The quantitative estimate of drug-likeness (QED) is 0.504. The van der Waals surface area contributed by atoms with Crippen molar-refractivity contribution in [3.05, 3.63) is 33.9 Å². The Bertz CT molecular complexity index is 712. The highest BCUT2D eigenvalue weighted by Crippen LogP contribution is 2.44. The summed E-state index contributed by atoms with van der Waals surface area (Å²) in [6, 6.07) is 2.87. The third-order valence-electron chi connectivity index (χ3n) is 3.43. The molecule has 0 bridgehead atoms. The first kappa shape index (κ1) is 15.7. The number of amides is 1. The van der Waals surface area contributed by atoms with Gasteiger partial charge in [0.25, 0.3) is 20.6 Å². The first-order valence-corrected chi connectivity index (χ1v) is 8.44. The molecule has 1 amide bonds. The van der Waals surface area contributed by atoms with Crippen LogP contribution in [0.5, 0.6) is 0 Å².